The fourth-order valence-electron chi connectivity index (χ4n) is 3.22. The predicted molar refractivity (Wildman–Crippen MR) is 259 cm³/mol. The number of carbonyl (C=O) groups is 4. The molecule has 0 unspecified atom stereocenters. The summed E-state index contributed by atoms with van der Waals surface area (Å²) in [6.07, 6.45) is 11.7. The van der Waals surface area contributed by atoms with E-state index in [1.165, 1.54) is 81.9 Å². The van der Waals surface area contributed by atoms with Crippen molar-refractivity contribution in [2.45, 2.75) is 6.92 Å². The van der Waals surface area contributed by atoms with Crippen molar-refractivity contribution in [2.75, 3.05) is 91.9 Å². The van der Waals surface area contributed by atoms with Gasteiger partial charge in [0.15, 0.2) is 11.5 Å². The zero-order valence-electron chi connectivity index (χ0n) is 38.9. The minimum Gasteiger partial charge on any atom is -0.505 e. The summed E-state index contributed by atoms with van der Waals surface area (Å²) in [5.74, 6) is 11.5. The number of carboxylic acids is 1. The van der Waals surface area contributed by atoms with E-state index in [0.717, 1.165) is 19.5 Å². The number of aromatic hydroxyl groups is 2. The van der Waals surface area contributed by atoms with E-state index in [0.29, 0.717) is 17.5 Å². The quantitative estimate of drug-likeness (QED) is 0.0230. The van der Waals surface area contributed by atoms with Gasteiger partial charge in [-0.3, -0.25) is 41.8 Å². The van der Waals surface area contributed by atoms with Crippen molar-refractivity contribution in [3.63, 3.8) is 0 Å². The Balaban J connectivity index is -0.000000365. The minimum absolute atomic E-state index is 0.0591. The number of amides is 1. The van der Waals surface area contributed by atoms with Crippen LogP contribution in [0, 0.1) is 0 Å². The first-order chi connectivity index (χ1) is 31.3. The first-order valence-corrected chi connectivity index (χ1v) is 28.1. The minimum atomic E-state index is -2.30. The maximum absolute atomic E-state index is 11.5. The van der Waals surface area contributed by atoms with Crippen molar-refractivity contribution < 1.29 is 72.2 Å². The Morgan fingerprint density at radius 2 is 0.925 bits per heavy atom. The molecule has 0 aliphatic rings. The monoisotopic (exact) mass is 1050 g/mol. The van der Waals surface area contributed by atoms with E-state index in [4.69, 9.17) is 58.9 Å². The lowest BCUT2D eigenvalue weighted by Crippen LogP contribution is -2.30. The third kappa shape index (κ3) is 35.6. The summed E-state index contributed by atoms with van der Waals surface area (Å²) < 4.78 is 53.1. The number of carboxylic acid groups (broad SMARTS) is 1. The van der Waals surface area contributed by atoms with Gasteiger partial charge < -0.3 is 53.1 Å². The van der Waals surface area contributed by atoms with Crippen LogP contribution in [0.4, 0.5) is 0 Å². The molecular weight excluding hydrogens is 984 g/mol. The molecule has 4 aromatic heterocycles. The molecule has 4 rings (SSSR count). The molecule has 67 heavy (non-hydrogen) atoms. The van der Waals surface area contributed by atoms with Gasteiger partial charge in [0.05, 0.1) is 51.7 Å². The number of methoxy groups -OCH3 is 2. The fourth-order valence-corrected chi connectivity index (χ4v) is 4.12. The molecule has 0 aliphatic heterocycles. The largest absolute Gasteiger partial charge is 0.505 e. The lowest BCUT2D eigenvalue weighted by atomic mass is 10.2. The third-order valence-corrected chi connectivity index (χ3v) is 10.1. The molecule has 1 amide bonds. The van der Waals surface area contributed by atoms with Gasteiger partial charge >= 0.3 is 17.9 Å². The molecule has 0 bridgehead atoms. The summed E-state index contributed by atoms with van der Waals surface area (Å²) >= 11 is 10.1. The smallest absolute Gasteiger partial charge is 0.341 e. The van der Waals surface area contributed by atoms with Crippen LogP contribution >= 0.6 is 44.6 Å². The Labute approximate surface area is 400 Å². The molecule has 11 N–H and O–H groups in total. The number of ether oxygens (including phenoxy) is 4. The van der Waals surface area contributed by atoms with Crippen molar-refractivity contribution >= 4 is 68.4 Å². The molecule has 4 aromatic rings. The van der Waals surface area contributed by atoms with E-state index in [1.807, 2.05) is 12.3 Å². The van der Waals surface area contributed by atoms with Crippen LogP contribution in [-0.4, -0.2) is 156 Å². The predicted octanol–water partition coefficient (Wildman–Crippen LogP) is 5.05. The van der Waals surface area contributed by atoms with Crippen LogP contribution in [0.15, 0.2) is 73.8 Å². The molecule has 0 saturated heterocycles. The number of alkyl halides is 2. The summed E-state index contributed by atoms with van der Waals surface area (Å²) in [6, 6.07) is 5.60. The van der Waals surface area contributed by atoms with Crippen LogP contribution in [-0.2, 0) is 23.2 Å². The number of carbonyl (C=O) groups excluding carboxylic acids is 3. The van der Waals surface area contributed by atoms with E-state index >= 15 is 0 Å². The van der Waals surface area contributed by atoms with Crippen LogP contribution in [0.1, 0.15) is 48.4 Å². The van der Waals surface area contributed by atoms with Crippen LogP contribution in [0.3, 0.4) is 0 Å². The average molecular weight is 1050 g/mol. The Bertz CT molecular complexity index is 2100. The number of hydrogen-bond acceptors (Lipinski definition) is 21. The lowest BCUT2D eigenvalue weighted by Gasteiger charge is -2.11. The number of nitrogen functional groups attached to an aromatic ring is 1. The van der Waals surface area contributed by atoms with E-state index in [9.17, 15) is 32.9 Å². The number of nitrogens with one attached hydrogen (secondary N) is 1. The number of pyridine rings is 4. The van der Waals surface area contributed by atoms with Crippen molar-refractivity contribution in [3.8, 4) is 23.0 Å². The van der Waals surface area contributed by atoms with Crippen molar-refractivity contribution in [1.29, 1.82) is 0 Å². The number of nitrogens with two attached hydrogens (primary N) is 3. The molecule has 0 radical (unpaired) electrons. The second kappa shape index (κ2) is 38.9. The van der Waals surface area contributed by atoms with Gasteiger partial charge in [0.1, 0.15) is 55.2 Å². The number of hydrazine groups is 2. The Kier molecular flexibility index (Phi) is 39.6. The molecule has 0 spiro atoms. The molecule has 0 fully saturated rings. The maximum atomic E-state index is 11.5. The van der Waals surface area contributed by atoms with Crippen LogP contribution < -0.4 is 32.4 Å². The first-order valence-electron chi connectivity index (χ1n) is 18.6. The van der Waals surface area contributed by atoms with Gasteiger partial charge in [-0.2, -0.15) is 0 Å². The lowest BCUT2D eigenvalue weighted by molar-refractivity contribution is 0.0587. The molecule has 23 nitrogen and oxygen atoms in total. The third-order valence-electron chi connectivity index (χ3n) is 6.48. The number of esters is 2. The molecule has 28 heteroatoms. The Hall–Kier alpha value is -5.21. The van der Waals surface area contributed by atoms with Crippen molar-refractivity contribution in [1.82, 2.24) is 25.4 Å². The molecular formula is C39H63Cl2N8O15P3. The summed E-state index contributed by atoms with van der Waals surface area (Å²) in [5.41, 5.74) is 2.55. The highest BCUT2D eigenvalue weighted by Crippen LogP contribution is 2.37. The van der Waals surface area contributed by atoms with Gasteiger partial charge in [-0.25, -0.2) is 20.2 Å². The number of aromatic nitrogens is 4. The Morgan fingerprint density at radius 1 is 0.612 bits per heavy atom. The molecule has 0 aliphatic carbocycles. The van der Waals surface area contributed by atoms with E-state index < -0.39 is 45.2 Å². The highest BCUT2D eigenvalue weighted by Gasteiger charge is 2.16. The van der Waals surface area contributed by atoms with E-state index in [1.54, 1.807) is 40.0 Å². The highest BCUT2D eigenvalue weighted by atomic mass is 35.5. The fraction of sp³-hybridized carbons (Fsp3) is 0.385. The van der Waals surface area contributed by atoms with Crippen LogP contribution in [0.2, 0.25) is 0 Å². The van der Waals surface area contributed by atoms with Gasteiger partial charge in [0.2, 0.25) is 0 Å². The Morgan fingerprint density at radius 3 is 1.21 bits per heavy atom. The second-order valence-electron chi connectivity index (χ2n) is 13.3. The van der Waals surface area contributed by atoms with Crippen LogP contribution in [0.5, 0.6) is 23.0 Å². The van der Waals surface area contributed by atoms with Crippen molar-refractivity contribution in [3.05, 3.63) is 96.1 Å². The first kappa shape index (κ1) is 68.4. The molecule has 0 atom stereocenters. The zero-order valence-corrected chi connectivity index (χ0v) is 43.1. The molecule has 378 valence electrons. The standard InChI is InChI=1S/C10H14NO4P.C9H14N3O3P.C7H7NO3.C6H5NO3.C4H11OP.C2H4Cl2.CH4O.H4N2/c1-14-10(12)8-4-5-11-6-9(8)15-7-16(2,3)13;1-16(2,14)6-15-8-5-11-4-3-7(8)9(13)12-10;1-11-7(10)5-2-3-8-4-6(5)9;8-5-3-7-2-1-4(5)6(9)10;1-4-6(2,3)5;3-1-2-4;2*1-2/h4-6H,7H2,1-3H3;3-5H,6,10H2,1-2H3,(H,12,13);2-4,9H,1H3;1-3,8H,(H,9,10);4H2,1-3H3;1-2H2;2H,1H3;1-2H2. The molecule has 0 aromatic carbocycles. The van der Waals surface area contributed by atoms with E-state index in [2.05, 4.69) is 41.1 Å². The highest BCUT2D eigenvalue weighted by molar-refractivity contribution is 7.62. The van der Waals surface area contributed by atoms with Gasteiger partial charge in [-0.05, 0) is 70.4 Å². The van der Waals surface area contributed by atoms with E-state index in [-0.39, 0.29) is 52.2 Å². The van der Waals surface area contributed by atoms with Gasteiger partial charge in [0, 0.05) is 43.7 Å². The summed E-state index contributed by atoms with van der Waals surface area (Å²) in [4.78, 5) is 58.5. The maximum Gasteiger partial charge on any atom is 0.341 e. The SMILES string of the molecule is CCP(C)(C)=O.CO.COC(=O)c1ccncc1O.COC(=O)c1ccncc1OCP(C)(C)=O.CP(C)(=O)COc1cnccc1C(=O)NN.ClCCCl.NN.O=C(O)c1ccncc1O. The zero-order chi connectivity index (χ0) is 52.8. The van der Waals surface area contributed by atoms with Gasteiger partial charge in [-0.15, -0.1) is 23.2 Å². The van der Waals surface area contributed by atoms with Crippen LogP contribution in [0.25, 0.3) is 0 Å². The topological polar surface area (TPSA) is 379 Å². The molecule has 4 heterocycles. The number of aliphatic hydroxyl groups is 1. The number of aliphatic hydroxyl groups excluding tert-OH is 1. The second-order valence-corrected chi connectivity index (χ2v) is 24.6. The molecule has 0 saturated carbocycles. The number of aromatic carboxylic acids is 1. The summed E-state index contributed by atoms with van der Waals surface area (Å²) in [6.45, 7) is 12.0. The van der Waals surface area contributed by atoms with Gasteiger partial charge in [0.25, 0.3) is 5.91 Å². The summed E-state index contributed by atoms with van der Waals surface area (Å²) in [7, 11) is -2.70. The number of rotatable bonds is 12. The normalized spacial score (nSPS) is 9.79. The number of nitrogens with zero attached hydrogens (tertiary/aromatic N) is 4. The number of hydrogen-bond donors (Lipinski definition) is 8. The summed E-state index contributed by atoms with van der Waals surface area (Å²) in [5, 5.41) is 33.3. The van der Waals surface area contributed by atoms with Crippen molar-refractivity contribution in [2.24, 2.45) is 17.5 Å². The average Bonchev–Trinajstić information content (AvgIpc) is 3.31. The van der Waals surface area contributed by atoms with Gasteiger partial charge in [-0.1, -0.05) is 6.92 Å². The number of halogens is 2.